The fraction of sp³-hybridized carbons (Fsp3) is 0.733. The van der Waals surface area contributed by atoms with Gasteiger partial charge in [0.2, 0.25) is 0 Å². The molecule has 2 N–H and O–H groups in total. The Morgan fingerprint density at radius 2 is 2.10 bits per heavy atom. The maximum Gasteiger partial charge on any atom is 0.0767 e. The molecule has 0 amide bonds. The van der Waals surface area contributed by atoms with E-state index in [2.05, 4.69) is 58.3 Å². The molecule has 6 heteroatoms. The van der Waals surface area contributed by atoms with Crippen LogP contribution in [0.15, 0.2) is 4.47 Å². The maximum absolute atomic E-state index is 5.65. The monoisotopic (exact) mass is 374 g/mol. The van der Waals surface area contributed by atoms with Crippen molar-refractivity contribution in [1.29, 1.82) is 0 Å². The van der Waals surface area contributed by atoms with Crippen LogP contribution in [0.5, 0.6) is 0 Å². The minimum atomic E-state index is 0.584. The zero-order valence-electron chi connectivity index (χ0n) is 13.5. The van der Waals surface area contributed by atoms with Gasteiger partial charge < -0.3 is 5.73 Å². The molecule has 21 heavy (non-hydrogen) atoms. The van der Waals surface area contributed by atoms with Gasteiger partial charge in [-0.25, -0.2) is 0 Å². The number of hydrogen-bond donors (Lipinski definition) is 1. The molecule has 0 aromatic carbocycles. The largest absolute Gasteiger partial charge is 0.393 e. The predicted molar refractivity (Wildman–Crippen MR) is 96.5 cm³/mol. The van der Waals surface area contributed by atoms with Crippen molar-refractivity contribution in [2.45, 2.75) is 53.6 Å². The zero-order chi connectivity index (χ0) is 16.0. The molecule has 0 saturated heterocycles. The zero-order valence-corrected chi connectivity index (χ0v) is 15.9. The summed E-state index contributed by atoms with van der Waals surface area (Å²) in [6.45, 7) is 12.4. The smallest absolute Gasteiger partial charge is 0.0767 e. The van der Waals surface area contributed by atoms with Crippen LogP contribution in [-0.2, 0) is 19.5 Å². The summed E-state index contributed by atoms with van der Waals surface area (Å²) in [5, 5.41) is 4.67. The fourth-order valence-electron chi connectivity index (χ4n) is 2.40. The molecule has 0 unspecified atom stereocenters. The second-order valence-corrected chi connectivity index (χ2v) is 7.04. The number of halogens is 1. The molecule has 0 atom stereocenters. The van der Waals surface area contributed by atoms with Gasteiger partial charge in [-0.1, -0.05) is 33.0 Å². The van der Waals surface area contributed by atoms with Crippen LogP contribution in [0.4, 0.5) is 0 Å². The lowest BCUT2D eigenvalue weighted by Gasteiger charge is -2.24. The molecule has 0 saturated carbocycles. The highest BCUT2D eigenvalue weighted by Crippen LogP contribution is 2.24. The summed E-state index contributed by atoms with van der Waals surface area (Å²) in [6, 6.07) is 0. The van der Waals surface area contributed by atoms with Crippen molar-refractivity contribution >= 4 is 33.1 Å². The standard InChI is InChI=1S/C15H27BrN4S/c1-5-12-15(16)13(20(6-2)18-12)10-19(9-11(3)4)8-7-14(17)21/h11H,5-10H2,1-4H3,(H2,17,21). The highest BCUT2D eigenvalue weighted by Gasteiger charge is 2.17. The molecule has 1 aromatic heterocycles. The number of rotatable bonds is 9. The molecular weight excluding hydrogens is 348 g/mol. The van der Waals surface area contributed by atoms with Crippen molar-refractivity contribution in [2.75, 3.05) is 13.1 Å². The summed E-state index contributed by atoms with van der Waals surface area (Å²) in [5.41, 5.74) is 8.03. The number of aryl methyl sites for hydroxylation is 2. The summed E-state index contributed by atoms with van der Waals surface area (Å²) in [7, 11) is 0. The molecule has 0 radical (unpaired) electrons. The second kappa shape index (κ2) is 8.86. The van der Waals surface area contributed by atoms with Gasteiger partial charge >= 0.3 is 0 Å². The van der Waals surface area contributed by atoms with Crippen molar-refractivity contribution in [3.05, 3.63) is 15.9 Å². The summed E-state index contributed by atoms with van der Waals surface area (Å²) >= 11 is 8.73. The molecule has 1 rings (SSSR count). The van der Waals surface area contributed by atoms with E-state index in [0.717, 1.165) is 49.2 Å². The molecule has 1 aromatic rings. The van der Waals surface area contributed by atoms with Crippen LogP contribution in [0.3, 0.4) is 0 Å². The van der Waals surface area contributed by atoms with Gasteiger partial charge in [-0.2, -0.15) is 5.10 Å². The van der Waals surface area contributed by atoms with Gasteiger partial charge in [-0.05, 0) is 35.2 Å². The third-order valence-corrected chi connectivity index (χ3v) is 4.48. The number of nitrogens with zero attached hydrogens (tertiary/aromatic N) is 3. The van der Waals surface area contributed by atoms with Crippen LogP contribution in [-0.4, -0.2) is 32.8 Å². The fourth-order valence-corrected chi connectivity index (χ4v) is 3.18. The Kier molecular flexibility index (Phi) is 7.84. The van der Waals surface area contributed by atoms with Crippen LogP contribution in [0.2, 0.25) is 0 Å². The summed E-state index contributed by atoms with van der Waals surface area (Å²) < 4.78 is 3.24. The van der Waals surface area contributed by atoms with Crippen molar-refractivity contribution < 1.29 is 0 Å². The van der Waals surface area contributed by atoms with E-state index in [1.54, 1.807) is 0 Å². The lowest BCUT2D eigenvalue weighted by Crippen LogP contribution is -2.31. The molecule has 0 aliphatic heterocycles. The predicted octanol–water partition coefficient (Wildman–Crippen LogP) is 3.36. The quantitative estimate of drug-likeness (QED) is 0.673. The first-order valence-corrected chi connectivity index (χ1v) is 8.83. The number of hydrogen-bond acceptors (Lipinski definition) is 3. The van der Waals surface area contributed by atoms with E-state index in [1.807, 2.05) is 0 Å². The summed E-state index contributed by atoms with van der Waals surface area (Å²) in [4.78, 5) is 3.00. The highest BCUT2D eigenvalue weighted by molar-refractivity contribution is 9.10. The van der Waals surface area contributed by atoms with E-state index >= 15 is 0 Å². The Morgan fingerprint density at radius 1 is 1.43 bits per heavy atom. The average Bonchev–Trinajstić information content (AvgIpc) is 2.72. The number of nitrogens with two attached hydrogens (primary N) is 1. The van der Waals surface area contributed by atoms with E-state index in [-0.39, 0.29) is 0 Å². The molecule has 4 nitrogen and oxygen atoms in total. The Balaban J connectivity index is 2.90. The van der Waals surface area contributed by atoms with E-state index in [4.69, 9.17) is 18.0 Å². The first-order chi connectivity index (χ1) is 9.88. The summed E-state index contributed by atoms with van der Waals surface area (Å²) in [6.07, 6.45) is 1.71. The van der Waals surface area contributed by atoms with Crippen LogP contribution >= 0.6 is 28.1 Å². The Bertz CT molecular complexity index is 470. The molecule has 0 spiro atoms. The first kappa shape index (κ1) is 18.6. The van der Waals surface area contributed by atoms with Crippen LogP contribution in [0, 0.1) is 5.92 Å². The molecular formula is C15H27BrN4S. The van der Waals surface area contributed by atoms with E-state index in [0.29, 0.717) is 10.9 Å². The van der Waals surface area contributed by atoms with Crippen molar-refractivity contribution in [3.8, 4) is 0 Å². The van der Waals surface area contributed by atoms with Crippen molar-refractivity contribution in [3.63, 3.8) is 0 Å². The number of thiocarbonyl (C=S) groups is 1. The van der Waals surface area contributed by atoms with Gasteiger partial charge in [-0.3, -0.25) is 9.58 Å². The lowest BCUT2D eigenvalue weighted by atomic mass is 10.2. The minimum Gasteiger partial charge on any atom is -0.393 e. The van der Waals surface area contributed by atoms with Crippen LogP contribution < -0.4 is 5.73 Å². The van der Waals surface area contributed by atoms with E-state index < -0.39 is 0 Å². The second-order valence-electron chi connectivity index (χ2n) is 5.72. The van der Waals surface area contributed by atoms with E-state index in [9.17, 15) is 0 Å². The van der Waals surface area contributed by atoms with E-state index in [1.165, 1.54) is 5.69 Å². The summed E-state index contributed by atoms with van der Waals surface area (Å²) in [5.74, 6) is 0.610. The Morgan fingerprint density at radius 3 is 2.57 bits per heavy atom. The molecule has 0 fully saturated rings. The van der Waals surface area contributed by atoms with Gasteiger partial charge in [0.15, 0.2) is 0 Å². The molecule has 120 valence electrons. The topological polar surface area (TPSA) is 47.1 Å². The molecule has 0 aliphatic carbocycles. The van der Waals surface area contributed by atoms with Gasteiger partial charge in [0.1, 0.15) is 0 Å². The average molecular weight is 375 g/mol. The SMILES string of the molecule is CCc1nn(CC)c(CN(CCC(N)=S)CC(C)C)c1Br. The third-order valence-electron chi connectivity index (χ3n) is 3.37. The molecule has 0 bridgehead atoms. The van der Waals surface area contributed by atoms with Gasteiger partial charge in [0.25, 0.3) is 0 Å². The molecule has 0 aliphatic rings. The maximum atomic E-state index is 5.65. The lowest BCUT2D eigenvalue weighted by molar-refractivity contribution is 0.235. The molecule has 1 heterocycles. The van der Waals surface area contributed by atoms with Crippen LogP contribution in [0.25, 0.3) is 0 Å². The Labute approximate surface area is 142 Å². The third kappa shape index (κ3) is 5.68. The van der Waals surface area contributed by atoms with Gasteiger partial charge in [0, 0.05) is 32.6 Å². The van der Waals surface area contributed by atoms with Crippen molar-refractivity contribution in [2.24, 2.45) is 11.7 Å². The van der Waals surface area contributed by atoms with Gasteiger partial charge in [-0.15, -0.1) is 0 Å². The first-order valence-electron chi connectivity index (χ1n) is 7.63. The Hall–Kier alpha value is -0.460. The van der Waals surface area contributed by atoms with Gasteiger partial charge in [0.05, 0.1) is 20.8 Å². The number of aromatic nitrogens is 2. The highest BCUT2D eigenvalue weighted by atomic mass is 79.9. The minimum absolute atomic E-state index is 0.584. The normalized spacial score (nSPS) is 11.6. The van der Waals surface area contributed by atoms with Crippen LogP contribution in [0.1, 0.15) is 45.5 Å². The van der Waals surface area contributed by atoms with Crippen molar-refractivity contribution in [1.82, 2.24) is 14.7 Å².